The van der Waals surface area contributed by atoms with Gasteiger partial charge in [-0.3, -0.25) is 4.79 Å². The first-order valence-electron chi connectivity index (χ1n) is 12.9. The number of hydrogen-bond acceptors (Lipinski definition) is 3. The third-order valence-electron chi connectivity index (χ3n) is 7.66. The topological polar surface area (TPSA) is 26.8 Å². The van der Waals surface area contributed by atoms with Gasteiger partial charge in [0.1, 0.15) is 0 Å². The molecule has 8 heteroatoms. The van der Waals surface area contributed by atoms with Gasteiger partial charge >= 0.3 is 6.18 Å². The Morgan fingerprint density at radius 2 is 1.39 bits per heavy atom. The summed E-state index contributed by atoms with van der Waals surface area (Å²) in [7, 11) is 2.07. The lowest BCUT2D eigenvalue weighted by atomic mass is 9.93. The van der Waals surface area contributed by atoms with Crippen LogP contribution >= 0.6 is 12.4 Å². The number of hydrogen-bond donors (Lipinski definition) is 0. The summed E-state index contributed by atoms with van der Waals surface area (Å²) >= 11 is 0. The fraction of sp³-hybridized carbons (Fsp3) is 0.367. The third kappa shape index (κ3) is 6.00. The standard InChI is InChI=1S/C30H32F3N3O.ClH/c1-34(16-14-28-26-8-4-2-6-24(26)25-7-3-5-9-27(25)28)17-15-29(37)36-20-18-35(19-21-36)23-12-10-22(11-13-23)30(31,32)33;/h2-13,28H,14-21H2,1H3;1H. The van der Waals surface area contributed by atoms with E-state index < -0.39 is 11.7 Å². The highest BCUT2D eigenvalue weighted by Gasteiger charge is 2.31. The minimum atomic E-state index is -4.33. The van der Waals surface area contributed by atoms with Gasteiger partial charge in [-0.05, 0) is 66.5 Å². The van der Waals surface area contributed by atoms with E-state index in [0.717, 1.165) is 30.8 Å². The molecule has 3 aromatic carbocycles. The van der Waals surface area contributed by atoms with Crippen LogP contribution in [0.2, 0.25) is 0 Å². The molecule has 4 nitrogen and oxygen atoms in total. The largest absolute Gasteiger partial charge is 0.416 e. The molecule has 0 aromatic heterocycles. The second-order valence-corrected chi connectivity index (χ2v) is 9.98. The molecule has 0 atom stereocenters. The van der Waals surface area contributed by atoms with Gasteiger partial charge in [-0.25, -0.2) is 0 Å². The molecule has 0 unspecified atom stereocenters. The average Bonchev–Trinajstić information content (AvgIpc) is 3.24. The Morgan fingerprint density at radius 3 is 1.95 bits per heavy atom. The van der Waals surface area contributed by atoms with Crippen molar-refractivity contribution >= 4 is 24.0 Å². The van der Waals surface area contributed by atoms with Gasteiger partial charge in [0.05, 0.1) is 5.56 Å². The van der Waals surface area contributed by atoms with Gasteiger partial charge in [-0.1, -0.05) is 48.5 Å². The summed E-state index contributed by atoms with van der Waals surface area (Å²) in [5, 5.41) is 0. The smallest absolute Gasteiger partial charge is 0.368 e. The molecule has 1 aliphatic carbocycles. The van der Waals surface area contributed by atoms with Crippen molar-refractivity contribution in [1.82, 2.24) is 9.80 Å². The molecule has 0 N–H and O–H groups in total. The van der Waals surface area contributed by atoms with E-state index in [2.05, 4.69) is 60.5 Å². The number of nitrogens with zero attached hydrogens (tertiary/aromatic N) is 3. The third-order valence-corrected chi connectivity index (χ3v) is 7.66. The van der Waals surface area contributed by atoms with Crippen molar-refractivity contribution in [3.8, 4) is 11.1 Å². The maximum atomic E-state index is 12.8. The van der Waals surface area contributed by atoms with E-state index in [1.807, 2.05) is 9.80 Å². The molecular formula is C30H33ClF3N3O. The van der Waals surface area contributed by atoms with Gasteiger partial charge in [0.15, 0.2) is 0 Å². The number of anilines is 1. The van der Waals surface area contributed by atoms with E-state index in [1.165, 1.54) is 34.4 Å². The molecule has 3 aromatic rings. The van der Waals surface area contributed by atoms with E-state index in [1.54, 1.807) is 0 Å². The summed E-state index contributed by atoms with van der Waals surface area (Å²) in [6, 6.07) is 22.5. The lowest BCUT2D eigenvalue weighted by Gasteiger charge is -2.36. The van der Waals surface area contributed by atoms with Crippen LogP contribution in [-0.4, -0.2) is 62.0 Å². The lowest BCUT2D eigenvalue weighted by Crippen LogP contribution is -2.49. The molecule has 38 heavy (non-hydrogen) atoms. The number of piperazine rings is 1. The Balaban J connectivity index is 0.00000336. The Kier molecular flexibility index (Phi) is 8.68. The van der Waals surface area contributed by atoms with E-state index in [-0.39, 0.29) is 18.3 Å². The highest BCUT2D eigenvalue weighted by atomic mass is 35.5. The van der Waals surface area contributed by atoms with Crippen LogP contribution in [0.5, 0.6) is 0 Å². The number of carbonyl (C=O) groups excluding carboxylic acids is 1. The number of benzene rings is 3. The fourth-order valence-corrected chi connectivity index (χ4v) is 5.55. The summed E-state index contributed by atoms with van der Waals surface area (Å²) in [6.07, 6.45) is -2.86. The van der Waals surface area contributed by atoms with Gasteiger partial charge in [0.2, 0.25) is 5.91 Å². The quantitative estimate of drug-likeness (QED) is 0.350. The molecule has 1 saturated heterocycles. The molecule has 0 spiro atoms. The predicted octanol–water partition coefficient (Wildman–Crippen LogP) is 6.30. The Morgan fingerprint density at radius 1 is 0.842 bits per heavy atom. The monoisotopic (exact) mass is 543 g/mol. The van der Waals surface area contributed by atoms with Crippen LogP contribution in [-0.2, 0) is 11.0 Å². The first kappa shape index (κ1) is 28.0. The van der Waals surface area contributed by atoms with Crippen LogP contribution in [0.25, 0.3) is 11.1 Å². The van der Waals surface area contributed by atoms with Crippen molar-refractivity contribution in [2.75, 3.05) is 51.2 Å². The first-order valence-corrected chi connectivity index (χ1v) is 12.9. The summed E-state index contributed by atoms with van der Waals surface area (Å²) in [5.74, 6) is 0.513. The summed E-state index contributed by atoms with van der Waals surface area (Å²) in [4.78, 5) is 19.0. The molecule has 1 heterocycles. The molecule has 0 radical (unpaired) electrons. The van der Waals surface area contributed by atoms with E-state index in [4.69, 9.17) is 0 Å². The molecule has 1 aliphatic heterocycles. The lowest BCUT2D eigenvalue weighted by molar-refractivity contribution is -0.137. The van der Waals surface area contributed by atoms with Gasteiger partial charge in [-0.2, -0.15) is 13.2 Å². The number of alkyl halides is 3. The van der Waals surface area contributed by atoms with Crippen LogP contribution in [0, 0.1) is 0 Å². The van der Waals surface area contributed by atoms with Gasteiger partial charge in [0.25, 0.3) is 0 Å². The van der Waals surface area contributed by atoms with Crippen molar-refractivity contribution in [3.63, 3.8) is 0 Å². The summed E-state index contributed by atoms with van der Waals surface area (Å²) in [5.41, 5.74) is 5.55. The first-order chi connectivity index (χ1) is 17.8. The second-order valence-electron chi connectivity index (χ2n) is 9.98. The highest BCUT2D eigenvalue weighted by Crippen LogP contribution is 2.46. The van der Waals surface area contributed by atoms with Crippen molar-refractivity contribution in [2.45, 2.75) is 24.9 Å². The zero-order valence-corrected chi connectivity index (χ0v) is 22.3. The normalized spacial score (nSPS) is 15.3. The molecule has 1 fully saturated rings. The molecule has 5 rings (SSSR count). The Hall–Kier alpha value is -3.03. The molecule has 2 aliphatic rings. The van der Waals surface area contributed by atoms with Gasteiger partial charge in [0, 0.05) is 50.7 Å². The SMILES string of the molecule is CN(CCC(=O)N1CCN(c2ccc(C(F)(F)F)cc2)CC1)CCC1c2ccccc2-c2ccccc21.Cl. The molecule has 202 valence electrons. The van der Waals surface area contributed by atoms with E-state index in [9.17, 15) is 18.0 Å². The minimum absolute atomic E-state index is 0. The van der Waals surface area contributed by atoms with E-state index in [0.29, 0.717) is 45.1 Å². The maximum absolute atomic E-state index is 12.8. The van der Waals surface area contributed by atoms with Crippen LogP contribution in [0.1, 0.15) is 35.4 Å². The number of amides is 1. The maximum Gasteiger partial charge on any atom is 0.416 e. The number of rotatable bonds is 7. The summed E-state index contributed by atoms with van der Waals surface area (Å²) < 4.78 is 38.4. The Labute approximate surface area is 228 Å². The number of carbonyl (C=O) groups is 1. The van der Waals surface area contributed by atoms with Crippen molar-refractivity contribution in [3.05, 3.63) is 89.5 Å². The average molecular weight is 544 g/mol. The zero-order chi connectivity index (χ0) is 26.0. The van der Waals surface area contributed by atoms with Crippen LogP contribution in [0.4, 0.5) is 18.9 Å². The van der Waals surface area contributed by atoms with Crippen LogP contribution in [0.3, 0.4) is 0 Å². The number of fused-ring (bicyclic) bond motifs is 3. The van der Waals surface area contributed by atoms with Gasteiger partial charge in [-0.15, -0.1) is 12.4 Å². The predicted molar refractivity (Wildman–Crippen MR) is 148 cm³/mol. The van der Waals surface area contributed by atoms with Crippen LogP contribution < -0.4 is 4.90 Å². The van der Waals surface area contributed by atoms with Crippen molar-refractivity contribution < 1.29 is 18.0 Å². The van der Waals surface area contributed by atoms with E-state index >= 15 is 0 Å². The highest BCUT2D eigenvalue weighted by molar-refractivity contribution is 5.85. The molecule has 1 amide bonds. The Bertz CT molecular complexity index is 1190. The molecular weight excluding hydrogens is 511 g/mol. The second kappa shape index (κ2) is 11.8. The zero-order valence-electron chi connectivity index (χ0n) is 21.5. The van der Waals surface area contributed by atoms with Gasteiger partial charge < -0.3 is 14.7 Å². The van der Waals surface area contributed by atoms with Crippen molar-refractivity contribution in [2.24, 2.45) is 0 Å². The molecule has 0 bridgehead atoms. The fourth-order valence-electron chi connectivity index (χ4n) is 5.55. The minimum Gasteiger partial charge on any atom is -0.368 e. The molecule has 0 saturated carbocycles. The number of halogens is 4. The van der Waals surface area contributed by atoms with Crippen LogP contribution in [0.15, 0.2) is 72.8 Å². The van der Waals surface area contributed by atoms with Crippen molar-refractivity contribution in [1.29, 1.82) is 0 Å². The summed E-state index contributed by atoms with van der Waals surface area (Å²) in [6.45, 7) is 4.01.